The zero-order valence-corrected chi connectivity index (χ0v) is 11.8. The fourth-order valence-corrected chi connectivity index (χ4v) is 3.47. The van der Waals surface area contributed by atoms with Crippen LogP contribution < -0.4 is 4.74 Å². The first-order valence-corrected chi connectivity index (χ1v) is 7.80. The van der Waals surface area contributed by atoms with Gasteiger partial charge in [0.05, 0.1) is 0 Å². The SMILES string of the molecule is O=COc1ccc(SS)c(Sc2ccccc2)c1. The summed E-state index contributed by atoms with van der Waals surface area (Å²) in [5, 5.41) is 0. The fourth-order valence-electron chi connectivity index (χ4n) is 1.39. The molecule has 2 aromatic carbocycles. The molecule has 0 aliphatic heterocycles. The van der Waals surface area contributed by atoms with E-state index in [-0.39, 0.29) is 0 Å². The van der Waals surface area contributed by atoms with Gasteiger partial charge in [-0.1, -0.05) is 40.8 Å². The minimum atomic E-state index is 0.430. The largest absolute Gasteiger partial charge is 0.429 e. The highest BCUT2D eigenvalue weighted by Crippen LogP contribution is 2.38. The van der Waals surface area contributed by atoms with Gasteiger partial charge in [0.15, 0.2) is 0 Å². The number of rotatable bonds is 5. The lowest BCUT2D eigenvalue weighted by atomic mass is 10.3. The summed E-state index contributed by atoms with van der Waals surface area (Å²) < 4.78 is 4.86. The predicted octanol–water partition coefficient (Wildman–Crippen LogP) is 4.31. The Kier molecular flexibility index (Phi) is 5.04. The third-order valence-corrected chi connectivity index (χ3v) is 4.51. The zero-order chi connectivity index (χ0) is 12.8. The van der Waals surface area contributed by atoms with E-state index in [9.17, 15) is 4.79 Å². The van der Waals surface area contributed by atoms with Crippen molar-refractivity contribution in [3.8, 4) is 5.75 Å². The number of ether oxygens (including phenoxy) is 1. The maximum absolute atomic E-state index is 10.3. The van der Waals surface area contributed by atoms with Crippen molar-refractivity contribution in [2.45, 2.75) is 14.7 Å². The molecule has 0 spiro atoms. The van der Waals surface area contributed by atoms with Crippen LogP contribution in [0.3, 0.4) is 0 Å². The third-order valence-electron chi connectivity index (χ3n) is 2.17. The van der Waals surface area contributed by atoms with E-state index in [0.717, 1.165) is 14.7 Å². The summed E-state index contributed by atoms with van der Waals surface area (Å²) in [6.07, 6.45) is 0. The number of thiol groups is 1. The normalized spacial score (nSPS) is 10.1. The van der Waals surface area contributed by atoms with Gasteiger partial charge >= 0.3 is 0 Å². The molecule has 0 bridgehead atoms. The molecule has 0 N–H and O–H groups in total. The molecular formula is C13H10O2S3. The molecule has 0 radical (unpaired) electrons. The Balaban J connectivity index is 2.29. The summed E-state index contributed by atoms with van der Waals surface area (Å²) >= 11 is 5.84. The molecule has 0 unspecified atom stereocenters. The van der Waals surface area contributed by atoms with Gasteiger partial charge in [-0.2, -0.15) is 0 Å². The lowest BCUT2D eigenvalue weighted by Crippen LogP contribution is -1.89. The Labute approximate surface area is 119 Å². The van der Waals surface area contributed by atoms with Crippen LogP contribution in [-0.4, -0.2) is 6.47 Å². The van der Waals surface area contributed by atoms with Crippen LogP contribution in [0.2, 0.25) is 0 Å². The lowest BCUT2D eigenvalue weighted by Gasteiger charge is -2.08. The van der Waals surface area contributed by atoms with Crippen LogP contribution in [-0.2, 0) is 4.79 Å². The van der Waals surface area contributed by atoms with Gasteiger partial charge in [0, 0.05) is 14.7 Å². The molecule has 0 aromatic heterocycles. The first-order valence-electron chi connectivity index (χ1n) is 5.12. The highest BCUT2D eigenvalue weighted by molar-refractivity contribution is 8.68. The molecule has 2 nitrogen and oxygen atoms in total. The molecule has 0 atom stereocenters. The molecule has 0 saturated heterocycles. The van der Waals surface area contributed by atoms with Crippen molar-refractivity contribution in [3.63, 3.8) is 0 Å². The molecule has 0 saturated carbocycles. The van der Waals surface area contributed by atoms with Crippen molar-refractivity contribution in [2.24, 2.45) is 0 Å². The summed E-state index contributed by atoms with van der Waals surface area (Å²) in [6.45, 7) is 0.430. The smallest absolute Gasteiger partial charge is 0.298 e. The molecule has 0 aliphatic carbocycles. The number of carbonyl (C=O) groups is 1. The van der Waals surface area contributed by atoms with E-state index in [1.165, 1.54) is 10.8 Å². The third kappa shape index (κ3) is 3.48. The first kappa shape index (κ1) is 13.4. The topological polar surface area (TPSA) is 26.3 Å². The van der Waals surface area contributed by atoms with Crippen molar-refractivity contribution >= 4 is 40.7 Å². The van der Waals surface area contributed by atoms with Gasteiger partial charge in [-0.3, -0.25) is 4.79 Å². The van der Waals surface area contributed by atoms with Crippen molar-refractivity contribution in [1.82, 2.24) is 0 Å². The molecule has 0 heterocycles. The second-order valence-electron chi connectivity index (χ2n) is 3.33. The van der Waals surface area contributed by atoms with Crippen molar-refractivity contribution in [2.75, 3.05) is 0 Å². The van der Waals surface area contributed by atoms with Gasteiger partial charge in [0.1, 0.15) is 5.75 Å². The van der Waals surface area contributed by atoms with E-state index < -0.39 is 0 Å². The maximum Gasteiger partial charge on any atom is 0.298 e. The first-order chi connectivity index (χ1) is 8.83. The summed E-state index contributed by atoms with van der Waals surface area (Å²) in [5.41, 5.74) is 0. The standard InChI is InChI=1S/C13H10O2S3/c14-9-15-10-6-7-12(18-16)13(8-10)17-11-4-2-1-3-5-11/h1-9,16H. The number of hydrogen-bond acceptors (Lipinski definition) is 5. The van der Waals surface area contributed by atoms with Crippen LogP contribution in [0, 0.1) is 0 Å². The van der Waals surface area contributed by atoms with E-state index in [1.54, 1.807) is 17.8 Å². The van der Waals surface area contributed by atoms with E-state index in [0.29, 0.717) is 12.2 Å². The van der Waals surface area contributed by atoms with Crippen molar-refractivity contribution in [3.05, 3.63) is 48.5 Å². The van der Waals surface area contributed by atoms with Crippen molar-refractivity contribution in [1.29, 1.82) is 0 Å². The lowest BCUT2D eigenvalue weighted by molar-refractivity contribution is -0.120. The molecule has 2 aromatic rings. The van der Waals surface area contributed by atoms with Gasteiger partial charge in [-0.15, -0.1) is 11.7 Å². The van der Waals surface area contributed by atoms with Crippen molar-refractivity contribution < 1.29 is 9.53 Å². The molecule has 0 aliphatic rings. The van der Waals surface area contributed by atoms with Gasteiger partial charge in [0.2, 0.25) is 0 Å². The highest BCUT2D eigenvalue weighted by atomic mass is 33.1. The number of carbonyl (C=O) groups excluding carboxylic acids is 1. The average Bonchev–Trinajstić information content (AvgIpc) is 2.41. The summed E-state index contributed by atoms with van der Waals surface area (Å²) in [7, 11) is 1.37. The predicted molar refractivity (Wildman–Crippen MR) is 78.5 cm³/mol. The quantitative estimate of drug-likeness (QED) is 0.505. The van der Waals surface area contributed by atoms with Crippen LogP contribution >= 0.6 is 34.2 Å². The monoisotopic (exact) mass is 294 g/mol. The summed E-state index contributed by atoms with van der Waals surface area (Å²) in [4.78, 5) is 13.5. The summed E-state index contributed by atoms with van der Waals surface area (Å²) in [6, 6.07) is 15.5. The molecule has 0 fully saturated rings. The minimum absolute atomic E-state index is 0.430. The molecule has 5 heteroatoms. The second-order valence-corrected chi connectivity index (χ2v) is 5.61. The Morgan fingerprint density at radius 2 is 1.83 bits per heavy atom. The Morgan fingerprint density at radius 1 is 1.06 bits per heavy atom. The number of hydrogen-bond donors (Lipinski definition) is 1. The molecule has 92 valence electrons. The van der Waals surface area contributed by atoms with Gasteiger partial charge in [-0.25, -0.2) is 0 Å². The van der Waals surface area contributed by atoms with Gasteiger partial charge < -0.3 is 4.74 Å². The zero-order valence-electron chi connectivity index (χ0n) is 9.28. The van der Waals surface area contributed by atoms with E-state index >= 15 is 0 Å². The molecule has 2 rings (SSSR count). The Bertz CT molecular complexity index is 529. The Hall–Kier alpha value is -1.04. The molecular weight excluding hydrogens is 284 g/mol. The second kappa shape index (κ2) is 6.78. The Morgan fingerprint density at radius 3 is 2.50 bits per heavy atom. The number of benzene rings is 2. The van der Waals surface area contributed by atoms with E-state index in [2.05, 4.69) is 11.7 Å². The van der Waals surface area contributed by atoms with Crippen LogP contribution in [0.1, 0.15) is 0 Å². The van der Waals surface area contributed by atoms with E-state index in [1.807, 2.05) is 42.5 Å². The van der Waals surface area contributed by atoms with Crippen LogP contribution in [0.15, 0.2) is 63.2 Å². The summed E-state index contributed by atoms with van der Waals surface area (Å²) in [5.74, 6) is 0.537. The average molecular weight is 294 g/mol. The van der Waals surface area contributed by atoms with Crippen LogP contribution in [0.4, 0.5) is 0 Å². The van der Waals surface area contributed by atoms with Gasteiger partial charge in [0.25, 0.3) is 6.47 Å². The fraction of sp³-hybridized carbons (Fsp3) is 0. The maximum atomic E-state index is 10.3. The van der Waals surface area contributed by atoms with Crippen LogP contribution in [0.25, 0.3) is 0 Å². The van der Waals surface area contributed by atoms with Gasteiger partial charge in [-0.05, 0) is 30.3 Å². The minimum Gasteiger partial charge on any atom is -0.429 e. The molecule has 0 amide bonds. The van der Waals surface area contributed by atoms with E-state index in [4.69, 9.17) is 4.74 Å². The highest BCUT2D eigenvalue weighted by Gasteiger charge is 2.06. The van der Waals surface area contributed by atoms with Crippen LogP contribution in [0.5, 0.6) is 5.75 Å². The molecule has 18 heavy (non-hydrogen) atoms.